The van der Waals surface area contributed by atoms with E-state index in [1.54, 1.807) is 0 Å². The number of piperidine rings is 1. The summed E-state index contributed by atoms with van der Waals surface area (Å²) in [6, 6.07) is 5.96. The molecule has 2 amide bonds. The molecule has 7 rings (SSSR count). The summed E-state index contributed by atoms with van der Waals surface area (Å²) < 4.78 is 5.71. The van der Waals surface area contributed by atoms with Gasteiger partial charge in [0.25, 0.3) is 5.91 Å². The number of hydrogen-bond donors (Lipinski definition) is 2. The lowest BCUT2D eigenvalue weighted by atomic mass is 9.49. The van der Waals surface area contributed by atoms with Gasteiger partial charge in [-0.25, -0.2) is 0 Å². The van der Waals surface area contributed by atoms with E-state index in [0.717, 1.165) is 99.7 Å². The Morgan fingerprint density at radius 3 is 2.34 bits per heavy atom. The molecule has 0 spiro atoms. The molecule has 6 heteroatoms. The summed E-state index contributed by atoms with van der Waals surface area (Å²) in [5.41, 5.74) is 2.20. The Hall–Kier alpha value is -2.08. The number of rotatable bonds is 6. The Labute approximate surface area is 209 Å². The molecule has 6 nitrogen and oxygen atoms in total. The van der Waals surface area contributed by atoms with Gasteiger partial charge >= 0.3 is 0 Å². The van der Waals surface area contributed by atoms with Gasteiger partial charge in [-0.2, -0.15) is 0 Å². The second-order valence-corrected chi connectivity index (χ2v) is 12.4. The van der Waals surface area contributed by atoms with Crippen LogP contribution in [0.25, 0.3) is 0 Å². The third-order valence-electron chi connectivity index (χ3n) is 9.66. The highest BCUT2D eigenvalue weighted by Gasteiger charge is 2.54. The van der Waals surface area contributed by atoms with Crippen LogP contribution in [0.5, 0.6) is 0 Å². The average Bonchev–Trinajstić information content (AvgIpc) is 3.36. The topological polar surface area (TPSA) is 70.7 Å². The first kappa shape index (κ1) is 23.3. The quantitative estimate of drug-likeness (QED) is 0.603. The first-order valence-electron chi connectivity index (χ1n) is 14.1. The summed E-state index contributed by atoms with van der Waals surface area (Å²) in [6.45, 7) is 5.55. The summed E-state index contributed by atoms with van der Waals surface area (Å²) in [6.07, 6.45) is 11.6. The molecule has 1 atom stereocenters. The van der Waals surface area contributed by atoms with E-state index in [0.29, 0.717) is 12.1 Å². The van der Waals surface area contributed by atoms with Crippen molar-refractivity contribution in [2.45, 2.75) is 77.2 Å². The molecule has 0 radical (unpaired) electrons. The van der Waals surface area contributed by atoms with Gasteiger partial charge < -0.3 is 20.3 Å². The Morgan fingerprint density at radius 2 is 1.71 bits per heavy atom. The van der Waals surface area contributed by atoms with Gasteiger partial charge in [-0.15, -0.1) is 0 Å². The van der Waals surface area contributed by atoms with E-state index in [-0.39, 0.29) is 23.3 Å². The number of nitrogens with zero attached hydrogens (tertiary/aromatic N) is 1. The summed E-state index contributed by atoms with van der Waals surface area (Å²) in [5.74, 6) is 3.03. The van der Waals surface area contributed by atoms with Crippen LogP contribution in [-0.4, -0.2) is 44.2 Å². The molecular formula is C29H41N3O3. The summed E-state index contributed by atoms with van der Waals surface area (Å²) >= 11 is 0. The maximum absolute atomic E-state index is 13.6. The molecule has 1 aromatic rings. The van der Waals surface area contributed by atoms with Crippen molar-refractivity contribution in [3.8, 4) is 0 Å². The van der Waals surface area contributed by atoms with E-state index in [9.17, 15) is 9.59 Å². The summed E-state index contributed by atoms with van der Waals surface area (Å²) in [5, 5.41) is 6.38. The Bertz CT molecular complexity index is 927. The van der Waals surface area contributed by atoms with Crippen LogP contribution in [0.4, 0.5) is 11.4 Å². The van der Waals surface area contributed by atoms with Gasteiger partial charge in [0, 0.05) is 37.6 Å². The van der Waals surface area contributed by atoms with Crippen molar-refractivity contribution in [3.63, 3.8) is 0 Å². The van der Waals surface area contributed by atoms with Gasteiger partial charge in [-0.1, -0.05) is 6.92 Å². The van der Waals surface area contributed by atoms with Crippen LogP contribution in [0.3, 0.4) is 0 Å². The minimum absolute atomic E-state index is 0.0694. The molecule has 2 saturated heterocycles. The van der Waals surface area contributed by atoms with Crippen molar-refractivity contribution in [2.24, 2.45) is 29.1 Å². The largest absolute Gasteiger partial charge is 0.376 e. The zero-order chi connectivity index (χ0) is 24.0. The Kier molecular flexibility index (Phi) is 6.28. The van der Waals surface area contributed by atoms with E-state index >= 15 is 0 Å². The zero-order valence-electron chi connectivity index (χ0n) is 21.2. The van der Waals surface area contributed by atoms with Crippen LogP contribution in [0.15, 0.2) is 18.2 Å². The van der Waals surface area contributed by atoms with Crippen LogP contribution in [0, 0.1) is 29.1 Å². The zero-order valence-corrected chi connectivity index (χ0v) is 21.2. The molecule has 35 heavy (non-hydrogen) atoms. The molecule has 4 saturated carbocycles. The molecular weight excluding hydrogens is 438 g/mol. The minimum Gasteiger partial charge on any atom is -0.376 e. The molecule has 6 fully saturated rings. The number of ether oxygens (including phenoxy) is 1. The van der Waals surface area contributed by atoms with Crippen molar-refractivity contribution in [2.75, 3.05) is 36.5 Å². The normalized spacial score (nSPS) is 34.3. The lowest BCUT2D eigenvalue weighted by Gasteiger charge is -2.55. The fourth-order valence-electron chi connectivity index (χ4n) is 8.08. The van der Waals surface area contributed by atoms with E-state index in [2.05, 4.69) is 22.5 Å². The van der Waals surface area contributed by atoms with Crippen molar-refractivity contribution < 1.29 is 14.3 Å². The minimum atomic E-state index is -0.196. The van der Waals surface area contributed by atoms with E-state index in [1.807, 2.05) is 18.2 Å². The number of nitrogens with one attached hydrogen (secondary N) is 2. The summed E-state index contributed by atoms with van der Waals surface area (Å²) in [7, 11) is 0. The third-order valence-corrected chi connectivity index (χ3v) is 9.66. The lowest BCUT2D eigenvalue weighted by Crippen LogP contribution is -2.51. The van der Waals surface area contributed by atoms with Gasteiger partial charge in [-0.05, 0) is 106 Å². The fourth-order valence-corrected chi connectivity index (χ4v) is 8.08. The molecule has 4 aliphatic carbocycles. The number of anilines is 2. The Morgan fingerprint density at radius 1 is 1.03 bits per heavy atom. The molecule has 0 aromatic heterocycles. The lowest BCUT2D eigenvalue weighted by molar-refractivity contribution is -0.140. The number of amides is 2. The van der Waals surface area contributed by atoms with Crippen LogP contribution in [-0.2, 0) is 9.53 Å². The number of carbonyl (C=O) groups is 2. The maximum Gasteiger partial charge on any atom is 0.253 e. The predicted octanol–water partition coefficient (Wildman–Crippen LogP) is 4.99. The highest BCUT2D eigenvalue weighted by Crippen LogP contribution is 2.60. The van der Waals surface area contributed by atoms with Gasteiger partial charge in [-0.3, -0.25) is 9.59 Å². The van der Waals surface area contributed by atoms with Gasteiger partial charge in [0.15, 0.2) is 0 Å². The second kappa shape index (κ2) is 9.42. The molecule has 6 aliphatic rings. The molecule has 2 N–H and O–H groups in total. The van der Waals surface area contributed by atoms with Crippen LogP contribution in [0.2, 0.25) is 0 Å². The highest BCUT2D eigenvalue weighted by atomic mass is 16.5. The van der Waals surface area contributed by atoms with Crippen molar-refractivity contribution >= 4 is 23.2 Å². The maximum atomic E-state index is 13.6. The first-order chi connectivity index (χ1) is 17.0. The number of hydrogen-bond acceptors (Lipinski definition) is 4. The monoisotopic (exact) mass is 479 g/mol. The van der Waals surface area contributed by atoms with Crippen LogP contribution >= 0.6 is 0 Å². The first-order valence-corrected chi connectivity index (χ1v) is 14.1. The van der Waals surface area contributed by atoms with E-state index in [4.69, 9.17) is 4.74 Å². The average molecular weight is 480 g/mol. The second-order valence-electron chi connectivity index (χ2n) is 12.4. The van der Waals surface area contributed by atoms with Crippen molar-refractivity contribution in [3.05, 3.63) is 23.8 Å². The number of carbonyl (C=O) groups excluding carboxylic acids is 2. The van der Waals surface area contributed by atoms with Crippen LogP contribution in [0.1, 0.15) is 81.5 Å². The summed E-state index contributed by atoms with van der Waals surface area (Å²) in [4.78, 5) is 29.4. The van der Waals surface area contributed by atoms with Crippen molar-refractivity contribution in [1.82, 2.24) is 5.32 Å². The van der Waals surface area contributed by atoms with Gasteiger partial charge in [0.05, 0.1) is 17.1 Å². The van der Waals surface area contributed by atoms with E-state index in [1.165, 1.54) is 19.3 Å². The predicted molar refractivity (Wildman–Crippen MR) is 138 cm³/mol. The molecule has 190 valence electrons. The Balaban J connectivity index is 1.21. The molecule has 2 heterocycles. The molecule has 2 aliphatic heterocycles. The van der Waals surface area contributed by atoms with E-state index < -0.39 is 0 Å². The van der Waals surface area contributed by atoms with Crippen molar-refractivity contribution in [1.29, 1.82) is 0 Å². The molecule has 4 bridgehead atoms. The fraction of sp³-hybridized carbons (Fsp3) is 0.724. The molecule has 1 unspecified atom stereocenters. The van der Waals surface area contributed by atoms with Gasteiger partial charge in [0.1, 0.15) is 0 Å². The van der Waals surface area contributed by atoms with Crippen LogP contribution < -0.4 is 15.5 Å². The smallest absolute Gasteiger partial charge is 0.253 e. The van der Waals surface area contributed by atoms with Gasteiger partial charge in [0.2, 0.25) is 5.91 Å². The highest BCUT2D eigenvalue weighted by molar-refractivity contribution is 6.03. The number of benzene rings is 1. The standard InChI is InChI=1S/C29H41N3O3/c1-19-6-8-32(9-7-19)26-5-4-23(14-25(26)27(33)30-18-24-3-2-10-35-24)31-28(34)29-15-20-11-21(16-29)13-22(12-20)17-29/h4-5,14,19-22,24H,2-3,6-13,15-18H2,1H3,(H,30,33)(H,31,34). The molecule has 1 aromatic carbocycles. The SMILES string of the molecule is CC1CCN(c2ccc(NC(=O)C34CC5CC(CC(C5)C3)C4)cc2C(=O)NCC2CCCO2)CC1. The third kappa shape index (κ3) is 4.71.